The molecule has 1 saturated heterocycles. The van der Waals surface area contributed by atoms with Crippen molar-refractivity contribution in [2.75, 3.05) is 43.5 Å². The summed E-state index contributed by atoms with van der Waals surface area (Å²) >= 11 is 0. The second kappa shape index (κ2) is 8.06. The Morgan fingerprint density at radius 3 is 2.41 bits per heavy atom. The van der Waals surface area contributed by atoms with Crippen LogP contribution in [0.25, 0.3) is 0 Å². The summed E-state index contributed by atoms with van der Waals surface area (Å²) in [4.78, 5) is 2.33. The maximum atomic E-state index is 12.7. The molecule has 1 N–H and O–H groups in total. The minimum Gasteiger partial charge on any atom is -0.493 e. The fourth-order valence-corrected chi connectivity index (χ4v) is 4.06. The molecule has 1 atom stereocenters. The number of benzene rings is 2. The van der Waals surface area contributed by atoms with Crippen LogP contribution in [-0.4, -0.2) is 48.4 Å². The van der Waals surface area contributed by atoms with E-state index in [0.717, 1.165) is 18.8 Å². The largest absolute Gasteiger partial charge is 0.493 e. The number of nitrogens with zero attached hydrogens (tertiary/aromatic N) is 1. The second-order valence-electron chi connectivity index (χ2n) is 6.30. The second-order valence-corrected chi connectivity index (χ2v) is 7.98. The van der Waals surface area contributed by atoms with E-state index < -0.39 is 10.0 Å². The van der Waals surface area contributed by atoms with Gasteiger partial charge in [0.15, 0.2) is 11.5 Å². The molecule has 0 bridgehead atoms. The molecular formula is C19H24N2O5S. The third-order valence-corrected chi connectivity index (χ3v) is 5.77. The molecule has 0 amide bonds. The van der Waals surface area contributed by atoms with Crippen LogP contribution in [0.5, 0.6) is 11.5 Å². The maximum Gasteiger partial charge on any atom is 0.262 e. The van der Waals surface area contributed by atoms with Crippen molar-refractivity contribution in [1.29, 1.82) is 0 Å². The molecule has 3 rings (SSSR count). The Morgan fingerprint density at radius 1 is 1.07 bits per heavy atom. The quantitative estimate of drug-likeness (QED) is 0.815. The first-order chi connectivity index (χ1) is 12.9. The zero-order valence-corrected chi connectivity index (χ0v) is 16.5. The summed E-state index contributed by atoms with van der Waals surface area (Å²) in [6.45, 7) is 4.37. The number of hydrogen-bond donors (Lipinski definition) is 1. The summed E-state index contributed by atoms with van der Waals surface area (Å²) in [6, 6.07) is 11.8. The van der Waals surface area contributed by atoms with E-state index in [1.165, 1.54) is 26.4 Å². The van der Waals surface area contributed by atoms with Crippen LogP contribution in [0.3, 0.4) is 0 Å². The molecule has 0 spiro atoms. The van der Waals surface area contributed by atoms with Gasteiger partial charge >= 0.3 is 0 Å². The van der Waals surface area contributed by atoms with Gasteiger partial charge in [0.2, 0.25) is 0 Å². The van der Waals surface area contributed by atoms with E-state index >= 15 is 0 Å². The van der Waals surface area contributed by atoms with Crippen molar-refractivity contribution in [1.82, 2.24) is 0 Å². The average molecular weight is 392 g/mol. The van der Waals surface area contributed by atoms with Crippen LogP contribution in [0.1, 0.15) is 6.92 Å². The van der Waals surface area contributed by atoms with Gasteiger partial charge in [-0.05, 0) is 43.3 Å². The van der Waals surface area contributed by atoms with E-state index in [0.29, 0.717) is 23.8 Å². The first-order valence-corrected chi connectivity index (χ1v) is 10.1. The SMILES string of the molecule is COc1ccc(S(=O)(=O)Nc2ccc(N3CCOC(C)C3)cc2)cc1OC. The normalized spacial score (nSPS) is 17.4. The number of anilines is 2. The van der Waals surface area contributed by atoms with Crippen molar-refractivity contribution in [2.24, 2.45) is 0 Å². The van der Waals surface area contributed by atoms with Crippen molar-refractivity contribution >= 4 is 21.4 Å². The van der Waals surface area contributed by atoms with Crippen LogP contribution in [0.4, 0.5) is 11.4 Å². The average Bonchev–Trinajstić information content (AvgIpc) is 2.67. The molecule has 27 heavy (non-hydrogen) atoms. The van der Waals surface area contributed by atoms with E-state index in [-0.39, 0.29) is 11.0 Å². The number of sulfonamides is 1. The van der Waals surface area contributed by atoms with Crippen LogP contribution >= 0.6 is 0 Å². The molecule has 1 heterocycles. The fraction of sp³-hybridized carbons (Fsp3) is 0.368. The molecule has 0 radical (unpaired) electrons. The van der Waals surface area contributed by atoms with Gasteiger partial charge in [-0.15, -0.1) is 0 Å². The van der Waals surface area contributed by atoms with Crippen LogP contribution in [0.2, 0.25) is 0 Å². The summed E-state index contributed by atoms with van der Waals surface area (Å²) in [7, 11) is -0.770. The molecule has 1 aliphatic heterocycles. The van der Waals surface area contributed by atoms with Gasteiger partial charge in [-0.2, -0.15) is 0 Å². The van der Waals surface area contributed by atoms with Gasteiger partial charge in [0.05, 0.1) is 31.8 Å². The van der Waals surface area contributed by atoms with Crippen LogP contribution in [-0.2, 0) is 14.8 Å². The Hall–Kier alpha value is -2.45. The zero-order valence-electron chi connectivity index (χ0n) is 15.6. The number of rotatable bonds is 6. The highest BCUT2D eigenvalue weighted by molar-refractivity contribution is 7.92. The van der Waals surface area contributed by atoms with Gasteiger partial charge in [-0.3, -0.25) is 4.72 Å². The number of methoxy groups -OCH3 is 2. The van der Waals surface area contributed by atoms with E-state index in [1.54, 1.807) is 18.2 Å². The van der Waals surface area contributed by atoms with Gasteiger partial charge in [0, 0.05) is 30.5 Å². The standard InChI is InChI=1S/C19H24N2O5S/c1-14-13-21(10-11-26-14)16-6-4-15(5-7-16)20-27(22,23)17-8-9-18(24-2)19(12-17)25-3/h4-9,12,14,20H,10-11,13H2,1-3H3. The lowest BCUT2D eigenvalue weighted by atomic mass is 10.2. The minimum absolute atomic E-state index is 0.103. The lowest BCUT2D eigenvalue weighted by molar-refractivity contribution is 0.0532. The number of nitrogens with one attached hydrogen (secondary N) is 1. The molecule has 1 unspecified atom stereocenters. The van der Waals surface area contributed by atoms with Crippen LogP contribution in [0.15, 0.2) is 47.4 Å². The molecule has 2 aromatic carbocycles. The topological polar surface area (TPSA) is 77.1 Å². The third-order valence-electron chi connectivity index (χ3n) is 4.39. The minimum atomic E-state index is -3.74. The van der Waals surface area contributed by atoms with Gasteiger partial charge in [-0.1, -0.05) is 0 Å². The number of hydrogen-bond acceptors (Lipinski definition) is 6. The van der Waals surface area contributed by atoms with E-state index in [1.807, 2.05) is 19.1 Å². The molecule has 2 aromatic rings. The molecule has 8 heteroatoms. The lowest BCUT2D eigenvalue weighted by Gasteiger charge is -2.33. The summed E-state index contributed by atoms with van der Waals surface area (Å²) in [5.74, 6) is 0.831. The first kappa shape index (κ1) is 19.3. The Morgan fingerprint density at radius 2 is 1.78 bits per heavy atom. The monoisotopic (exact) mass is 392 g/mol. The Balaban J connectivity index is 1.76. The predicted octanol–water partition coefficient (Wildman–Crippen LogP) is 2.73. The van der Waals surface area contributed by atoms with Gasteiger partial charge in [-0.25, -0.2) is 8.42 Å². The molecule has 0 aliphatic carbocycles. The molecule has 0 aromatic heterocycles. The molecule has 1 aliphatic rings. The Labute approximate surface area is 159 Å². The van der Waals surface area contributed by atoms with Crippen molar-refractivity contribution in [3.05, 3.63) is 42.5 Å². The summed E-state index contributed by atoms with van der Waals surface area (Å²) in [5.41, 5.74) is 1.54. The first-order valence-electron chi connectivity index (χ1n) is 8.64. The van der Waals surface area contributed by atoms with E-state index in [9.17, 15) is 8.42 Å². The van der Waals surface area contributed by atoms with Crippen molar-refractivity contribution < 1.29 is 22.6 Å². The zero-order chi connectivity index (χ0) is 19.4. The Kier molecular flexibility index (Phi) is 5.76. The highest BCUT2D eigenvalue weighted by Gasteiger charge is 2.19. The lowest BCUT2D eigenvalue weighted by Crippen LogP contribution is -2.41. The fourth-order valence-electron chi connectivity index (χ4n) is 2.99. The number of morpholine rings is 1. The molecule has 1 fully saturated rings. The molecule has 146 valence electrons. The maximum absolute atomic E-state index is 12.7. The van der Waals surface area contributed by atoms with Crippen molar-refractivity contribution in [3.63, 3.8) is 0 Å². The highest BCUT2D eigenvalue weighted by atomic mass is 32.2. The smallest absolute Gasteiger partial charge is 0.262 e. The predicted molar refractivity (Wildman–Crippen MR) is 104 cm³/mol. The molecule has 7 nitrogen and oxygen atoms in total. The van der Waals surface area contributed by atoms with Crippen LogP contribution in [0, 0.1) is 0 Å². The van der Waals surface area contributed by atoms with Gasteiger partial charge in [0.1, 0.15) is 0 Å². The third kappa shape index (κ3) is 4.45. The van der Waals surface area contributed by atoms with Gasteiger partial charge in [0.25, 0.3) is 10.0 Å². The van der Waals surface area contributed by atoms with Crippen molar-refractivity contribution in [2.45, 2.75) is 17.9 Å². The Bertz CT molecular complexity index is 883. The van der Waals surface area contributed by atoms with Gasteiger partial charge < -0.3 is 19.1 Å². The molecular weight excluding hydrogens is 368 g/mol. The summed E-state index contributed by atoms with van der Waals surface area (Å²) in [6.07, 6.45) is 0.182. The van der Waals surface area contributed by atoms with E-state index in [4.69, 9.17) is 14.2 Å². The highest BCUT2D eigenvalue weighted by Crippen LogP contribution is 2.30. The molecule has 0 saturated carbocycles. The number of ether oxygens (including phenoxy) is 3. The van der Waals surface area contributed by atoms with E-state index in [2.05, 4.69) is 9.62 Å². The summed E-state index contributed by atoms with van der Waals surface area (Å²) < 4.78 is 43.8. The summed E-state index contributed by atoms with van der Waals surface area (Å²) in [5, 5.41) is 0. The van der Waals surface area contributed by atoms with Crippen LogP contribution < -0.4 is 19.1 Å². The van der Waals surface area contributed by atoms with Crippen molar-refractivity contribution in [3.8, 4) is 11.5 Å².